The normalized spacial score (nSPS) is 29.2. The highest BCUT2D eigenvalue weighted by Crippen LogP contribution is 2.23. The van der Waals surface area contributed by atoms with Crippen LogP contribution in [0.2, 0.25) is 0 Å². The molecule has 6 heteroatoms. The second-order valence-electron chi connectivity index (χ2n) is 5.64. The summed E-state index contributed by atoms with van der Waals surface area (Å²) in [6.07, 6.45) is -3.11. The summed E-state index contributed by atoms with van der Waals surface area (Å²) in [6, 6.07) is 0.126. The molecule has 0 aliphatic carbocycles. The largest absolute Gasteiger partial charge is 0.401 e. The van der Waals surface area contributed by atoms with Crippen LogP contribution < -0.4 is 5.32 Å². The number of aliphatic hydroxyl groups is 1. The molecule has 1 heterocycles. The lowest BCUT2D eigenvalue weighted by Crippen LogP contribution is -2.54. The van der Waals surface area contributed by atoms with E-state index in [9.17, 15) is 18.3 Å². The Labute approximate surface area is 113 Å². The molecule has 0 saturated carbocycles. The summed E-state index contributed by atoms with van der Waals surface area (Å²) >= 11 is 0. The van der Waals surface area contributed by atoms with Gasteiger partial charge in [-0.3, -0.25) is 4.90 Å². The number of hydrogen-bond acceptors (Lipinski definition) is 3. The van der Waals surface area contributed by atoms with Gasteiger partial charge in [-0.25, -0.2) is 0 Å². The molecule has 1 aliphatic rings. The van der Waals surface area contributed by atoms with Crippen molar-refractivity contribution in [2.24, 2.45) is 5.92 Å². The first-order valence-electron chi connectivity index (χ1n) is 6.95. The molecule has 0 spiro atoms. The smallest absolute Gasteiger partial charge is 0.393 e. The van der Waals surface area contributed by atoms with Crippen LogP contribution >= 0.6 is 0 Å². The summed E-state index contributed by atoms with van der Waals surface area (Å²) in [5.74, 6) is 0.0356. The lowest BCUT2D eigenvalue weighted by atomic mass is 9.89. The Kier molecular flexibility index (Phi) is 6.08. The van der Waals surface area contributed by atoms with E-state index in [1.165, 1.54) is 0 Å². The number of aliphatic hydroxyl groups excluding tert-OH is 1. The number of rotatable bonds is 5. The van der Waals surface area contributed by atoms with E-state index in [2.05, 4.69) is 24.1 Å². The minimum absolute atomic E-state index is 0.0356. The molecule has 3 nitrogen and oxygen atoms in total. The third-order valence-electron chi connectivity index (χ3n) is 4.00. The molecule has 0 amide bonds. The van der Waals surface area contributed by atoms with Gasteiger partial charge in [0.15, 0.2) is 0 Å². The molecule has 0 radical (unpaired) electrons. The van der Waals surface area contributed by atoms with Crippen molar-refractivity contribution < 1.29 is 18.3 Å². The summed E-state index contributed by atoms with van der Waals surface area (Å²) in [5.41, 5.74) is 0. The van der Waals surface area contributed by atoms with Gasteiger partial charge in [0, 0.05) is 25.2 Å². The van der Waals surface area contributed by atoms with Gasteiger partial charge in [0.1, 0.15) is 0 Å². The first-order chi connectivity index (χ1) is 8.73. The zero-order valence-electron chi connectivity index (χ0n) is 11.9. The number of piperidine rings is 1. The van der Waals surface area contributed by atoms with E-state index >= 15 is 0 Å². The van der Waals surface area contributed by atoms with Gasteiger partial charge in [0.25, 0.3) is 0 Å². The predicted molar refractivity (Wildman–Crippen MR) is 69.0 cm³/mol. The molecule has 0 aromatic heterocycles. The molecule has 1 rings (SSSR count). The first kappa shape index (κ1) is 16.7. The van der Waals surface area contributed by atoms with Gasteiger partial charge in [-0.2, -0.15) is 13.2 Å². The maximum Gasteiger partial charge on any atom is 0.401 e. The lowest BCUT2D eigenvalue weighted by Gasteiger charge is -2.42. The third kappa shape index (κ3) is 5.67. The maximum atomic E-state index is 12.3. The van der Waals surface area contributed by atoms with E-state index < -0.39 is 18.8 Å². The standard InChI is InChI=1S/C13H25F3N2O/c1-4-9(2)18-6-11(10(3)19)5-12(7-18)17-8-13(14,15)16/h9-12,17,19H,4-8H2,1-3H3. The van der Waals surface area contributed by atoms with Gasteiger partial charge in [0.05, 0.1) is 12.6 Å². The average Bonchev–Trinajstić information content (AvgIpc) is 2.34. The van der Waals surface area contributed by atoms with Crippen molar-refractivity contribution in [3.8, 4) is 0 Å². The van der Waals surface area contributed by atoms with E-state index in [0.29, 0.717) is 19.0 Å². The van der Waals surface area contributed by atoms with Crippen LogP contribution in [0.25, 0.3) is 0 Å². The topological polar surface area (TPSA) is 35.5 Å². The number of alkyl halides is 3. The summed E-state index contributed by atoms with van der Waals surface area (Å²) in [6.45, 7) is 6.27. The van der Waals surface area contributed by atoms with Crippen LogP contribution in [0.3, 0.4) is 0 Å². The Hall–Kier alpha value is -0.330. The summed E-state index contributed by atoms with van der Waals surface area (Å²) in [4.78, 5) is 2.18. The average molecular weight is 282 g/mol. The number of nitrogens with one attached hydrogen (secondary N) is 1. The van der Waals surface area contributed by atoms with E-state index in [0.717, 1.165) is 13.0 Å². The summed E-state index contributed by atoms with van der Waals surface area (Å²) in [5, 5.41) is 12.3. The van der Waals surface area contributed by atoms with Crippen LogP contribution in [0, 0.1) is 5.92 Å². The molecule has 0 aromatic rings. The van der Waals surface area contributed by atoms with Crippen molar-refractivity contribution in [1.82, 2.24) is 10.2 Å². The van der Waals surface area contributed by atoms with Gasteiger partial charge in [-0.1, -0.05) is 6.92 Å². The SMILES string of the molecule is CCC(C)N1CC(NCC(F)(F)F)CC(C(C)O)C1. The lowest BCUT2D eigenvalue weighted by molar-refractivity contribution is -0.127. The molecule has 1 fully saturated rings. The molecule has 0 bridgehead atoms. The molecular weight excluding hydrogens is 257 g/mol. The molecular formula is C13H25F3N2O. The van der Waals surface area contributed by atoms with E-state index in [1.807, 2.05) is 0 Å². The molecule has 1 saturated heterocycles. The van der Waals surface area contributed by atoms with Gasteiger partial charge in [-0.15, -0.1) is 0 Å². The zero-order valence-corrected chi connectivity index (χ0v) is 11.9. The highest BCUT2D eigenvalue weighted by molar-refractivity contribution is 4.87. The van der Waals surface area contributed by atoms with Crippen molar-refractivity contribution in [3.63, 3.8) is 0 Å². The van der Waals surface area contributed by atoms with Crippen LogP contribution in [0.5, 0.6) is 0 Å². The van der Waals surface area contributed by atoms with Crippen LogP contribution in [-0.2, 0) is 0 Å². The van der Waals surface area contributed by atoms with Gasteiger partial charge in [0.2, 0.25) is 0 Å². The van der Waals surface area contributed by atoms with Crippen LogP contribution in [0.15, 0.2) is 0 Å². The van der Waals surface area contributed by atoms with Crippen molar-refractivity contribution in [2.45, 2.75) is 58.0 Å². The summed E-state index contributed by atoms with van der Waals surface area (Å²) in [7, 11) is 0. The Bertz CT molecular complexity index is 271. The Morgan fingerprint density at radius 1 is 1.32 bits per heavy atom. The fraction of sp³-hybridized carbons (Fsp3) is 1.00. The molecule has 2 N–H and O–H groups in total. The van der Waals surface area contributed by atoms with E-state index in [-0.39, 0.29) is 12.0 Å². The minimum Gasteiger partial charge on any atom is -0.393 e. The second kappa shape index (κ2) is 6.90. The molecule has 19 heavy (non-hydrogen) atoms. The van der Waals surface area contributed by atoms with Gasteiger partial charge < -0.3 is 10.4 Å². The number of likely N-dealkylation sites (tertiary alicyclic amines) is 1. The molecule has 0 aromatic carbocycles. The Morgan fingerprint density at radius 3 is 2.42 bits per heavy atom. The highest BCUT2D eigenvalue weighted by atomic mass is 19.4. The van der Waals surface area contributed by atoms with Crippen molar-refractivity contribution in [2.75, 3.05) is 19.6 Å². The molecule has 4 atom stereocenters. The van der Waals surface area contributed by atoms with E-state index in [1.54, 1.807) is 6.92 Å². The minimum atomic E-state index is -4.18. The van der Waals surface area contributed by atoms with Crippen LogP contribution in [0.1, 0.15) is 33.6 Å². The molecule has 4 unspecified atom stereocenters. The zero-order chi connectivity index (χ0) is 14.6. The van der Waals surface area contributed by atoms with E-state index in [4.69, 9.17) is 0 Å². The third-order valence-corrected chi connectivity index (χ3v) is 4.00. The fourth-order valence-corrected chi connectivity index (χ4v) is 2.55. The second-order valence-corrected chi connectivity index (χ2v) is 5.64. The first-order valence-corrected chi connectivity index (χ1v) is 6.95. The quantitative estimate of drug-likeness (QED) is 0.809. The number of halogens is 3. The Balaban J connectivity index is 2.60. The van der Waals surface area contributed by atoms with Gasteiger partial charge >= 0.3 is 6.18 Å². The van der Waals surface area contributed by atoms with Crippen molar-refractivity contribution >= 4 is 0 Å². The van der Waals surface area contributed by atoms with Crippen molar-refractivity contribution in [3.05, 3.63) is 0 Å². The van der Waals surface area contributed by atoms with Crippen molar-refractivity contribution in [1.29, 1.82) is 0 Å². The van der Waals surface area contributed by atoms with Gasteiger partial charge in [-0.05, 0) is 32.6 Å². The number of nitrogens with zero attached hydrogens (tertiary/aromatic N) is 1. The van der Waals surface area contributed by atoms with Crippen LogP contribution in [0.4, 0.5) is 13.2 Å². The predicted octanol–water partition coefficient (Wildman–Crippen LogP) is 2.01. The molecule has 1 aliphatic heterocycles. The fourth-order valence-electron chi connectivity index (χ4n) is 2.55. The Morgan fingerprint density at radius 2 is 1.95 bits per heavy atom. The molecule has 114 valence electrons. The number of hydrogen-bond donors (Lipinski definition) is 2. The maximum absolute atomic E-state index is 12.3. The highest BCUT2D eigenvalue weighted by Gasteiger charge is 2.34. The summed E-state index contributed by atoms with van der Waals surface area (Å²) < 4.78 is 36.8. The van der Waals surface area contributed by atoms with Crippen LogP contribution in [-0.4, -0.2) is 54.0 Å². The monoisotopic (exact) mass is 282 g/mol.